The maximum Gasteiger partial charge on any atom is 0.234 e. The predicted octanol–water partition coefficient (Wildman–Crippen LogP) is 3.14. The number of nitrogens with one attached hydrogen (secondary N) is 1. The van der Waals surface area contributed by atoms with E-state index >= 15 is 0 Å². The molecule has 1 amide bonds. The van der Waals surface area contributed by atoms with Crippen LogP contribution < -0.4 is 10.1 Å². The number of ether oxygens (including phenoxy) is 1. The van der Waals surface area contributed by atoms with E-state index in [0.717, 1.165) is 11.3 Å². The van der Waals surface area contributed by atoms with E-state index in [1.54, 1.807) is 7.11 Å². The molecular formula is C18H28N2O2. The van der Waals surface area contributed by atoms with Crippen LogP contribution in [-0.4, -0.2) is 37.6 Å². The Morgan fingerprint density at radius 3 is 2.68 bits per heavy atom. The molecule has 1 N–H and O–H groups in total. The zero-order valence-electron chi connectivity index (χ0n) is 14.0. The molecule has 1 aromatic rings. The molecule has 0 saturated heterocycles. The van der Waals surface area contributed by atoms with Crippen LogP contribution >= 0.6 is 0 Å². The third kappa shape index (κ3) is 4.47. The Labute approximate surface area is 133 Å². The van der Waals surface area contributed by atoms with Crippen LogP contribution in [-0.2, 0) is 4.79 Å². The lowest BCUT2D eigenvalue weighted by Gasteiger charge is -2.31. The summed E-state index contributed by atoms with van der Waals surface area (Å²) in [7, 11) is 3.72. The van der Waals surface area contributed by atoms with Crippen molar-refractivity contribution in [2.75, 3.05) is 20.7 Å². The van der Waals surface area contributed by atoms with Crippen molar-refractivity contribution in [2.24, 2.45) is 0 Å². The molecule has 0 aromatic heterocycles. The van der Waals surface area contributed by atoms with E-state index in [0.29, 0.717) is 12.6 Å². The van der Waals surface area contributed by atoms with E-state index in [9.17, 15) is 4.79 Å². The van der Waals surface area contributed by atoms with Crippen molar-refractivity contribution >= 4 is 5.91 Å². The second-order valence-corrected chi connectivity index (χ2v) is 6.24. The highest BCUT2D eigenvalue weighted by Crippen LogP contribution is 2.24. The van der Waals surface area contributed by atoms with Gasteiger partial charge in [0.15, 0.2) is 0 Å². The van der Waals surface area contributed by atoms with Crippen LogP contribution in [0.15, 0.2) is 24.3 Å². The SMILES string of the molecule is COc1ccccc1C(C)NC(=O)CN(C)C1CCCCC1. The summed E-state index contributed by atoms with van der Waals surface area (Å²) >= 11 is 0. The van der Waals surface area contributed by atoms with Gasteiger partial charge in [-0.05, 0) is 32.9 Å². The number of benzene rings is 1. The van der Waals surface area contributed by atoms with E-state index in [1.807, 2.05) is 31.2 Å². The van der Waals surface area contributed by atoms with E-state index in [4.69, 9.17) is 4.74 Å². The van der Waals surface area contributed by atoms with Gasteiger partial charge in [-0.3, -0.25) is 9.69 Å². The van der Waals surface area contributed by atoms with Gasteiger partial charge in [0.2, 0.25) is 5.91 Å². The molecule has 1 atom stereocenters. The van der Waals surface area contributed by atoms with Gasteiger partial charge in [0.25, 0.3) is 0 Å². The minimum atomic E-state index is -0.0524. The predicted molar refractivity (Wildman–Crippen MR) is 89.1 cm³/mol. The van der Waals surface area contributed by atoms with E-state index in [2.05, 4.69) is 17.3 Å². The molecule has 1 fully saturated rings. The fourth-order valence-corrected chi connectivity index (χ4v) is 3.27. The molecule has 0 bridgehead atoms. The summed E-state index contributed by atoms with van der Waals surface area (Å²) in [6.07, 6.45) is 6.33. The van der Waals surface area contributed by atoms with Crippen LogP contribution in [0.25, 0.3) is 0 Å². The number of amides is 1. The van der Waals surface area contributed by atoms with Crippen molar-refractivity contribution in [3.8, 4) is 5.75 Å². The molecule has 1 aliphatic rings. The summed E-state index contributed by atoms with van der Waals surface area (Å²) in [4.78, 5) is 14.5. The number of hydrogen-bond acceptors (Lipinski definition) is 3. The van der Waals surface area contributed by atoms with Crippen LogP contribution in [0.4, 0.5) is 0 Å². The first-order chi connectivity index (χ1) is 10.6. The monoisotopic (exact) mass is 304 g/mol. The number of likely N-dealkylation sites (N-methyl/N-ethyl adjacent to an activating group) is 1. The largest absolute Gasteiger partial charge is 0.496 e. The molecule has 0 heterocycles. The first kappa shape index (κ1) is 16.8. The Balaban J connectivity index is 1.88. The maximum atomic E-state index is 12.3. The number of para-hydroxylation sites is 1. The van der Waals surface area contributed by atoms with E-state index in [1.165, 1.54) is 32.1 Å². The van der Waals surface area contributed by atoms with Crippen LogP contribution in [0.3, 0.4) is 0 Å². The molecule has 122 valence electrons. The molecule has 4 nitrogen and oxygen atoms in total. The number of hydrogen-bond donors (Lipinski definition) is 1. The van der Waals surface area contributed by atoms with Gasteiger partial charge in [-0.15, -0.1) is 0 Å². The molecule has 0 spiro atoms. The molecule has 22 heavy (non-hydrogen) atoms. The molecule has 0 aliphatic heterocycles. The minimum absolute atomic E-state index is 0.0524. The van der Waals surface area contributed by atoms with Gasteiger partial charge >= 0.3 is 0 Å². The molecule has 0 radical (unpaired) electrons. The lowest BCUT2D eigenvalue weighted by atomic mass is 9.94. The van der Waals surface area contributed by atoms with Crippen molar-refractivity contribution in [3.63, 3.8) is 0 Å². The quantitative estimate of drug-likeness (QED) is 0.878. The molecule has 1 aliphatic carbocycles. The van der Waals surface area contributed by atoms with Crippen LogP contribution in [0, 0.1) is 0 Å². The second kappa shape index (κ2) is 8.18. The number of rotatable bonds is 6. The Morgan fingerprint density at radius 2 is 2.00 bits per heavy atom. The Morgan fingerprint density at radius 1 is 1.32 bits per heavy atom. The fourth-order valence-electron chi connectivity index (χ4n) is 3.27. The standard InChI is InChI=1S/C18H28N2O2/c1-14(16-11-7-8-12-17(16)22-3)19-18(21)13-20(2)15-9-5-4-6-10-15/h7-8,11-12,14-15H,4-6,9-10,13H2,1-3H3,(H,19,21). The number of methoxy groups -OCH3 is 1. The van der Waals surface area contributed by atoms with Gasteiger partial charge in [-0.25, -0.2) is 0 Å². The Kier molecular flexibility index (Phi) is 6.25. The van der Waals surface area contributed by atoms with Crippen LogP contribution in [0.5, 0.6) is 5.75 Å². The highest BCUT2D eigenvalue weighted by Gasteiger charge is 2.21. The number of carbonyl (C=O) groups excluding carboxylic acids is 1. The topological polar surface area (TPSA) is 41.6 Å². The third-order valence-corrected chi connectivity index (χ3v) is 4.57. The van der Waals surface area contributed by atoms with Crippen LogP contribution in [0.1, 0.15) is 50.6 Å². The van der Waals surface area contributed by atoms with Gasteiger partial charge in [0, 0.05) is 11.6 Å². The average Bonchev–Trinajstić information content (AvgIpc) is 2.55. The number of carbonyl (C=O) groups is 1. The summed E-state index contributed by atoms with van der Waals surface area (Å²) in [5.41, 5.74) is 1.01. The Bertz CT molecular complexity index is 484. The first-order valence-electron chi connectivity index (χ1n) is 8.24. The molecule has 1 saturated carbocycles. The van der Waals surface area contributed by atoms with Gasteiger partial charge < -0.3 is 10.1 Å². The molecule has 4 heteroatoms. The van der Waals surface area contributed by atoms with Crippen molar-refractivity contribution in [2.45, 2.75) is 51.1 Å². The minimum Gasteiger partial charge on any atom is -0.496 e. The fraction of sp³-hybridized carbons (Fsp3) is 0.611. The lowest BCUT2D eigenvalue weighted by molar-refractivity contribution is -0.123. The van der Waals surface area contributed by atoms with E-state index < -0.39 is 0 Å². The summed E-state index contributed by atoms with van der Waals surface area (Å²) in [5.74, 6) is 0.891. The zero-order valence-corrected chi connectivity index (χ0v) is 14.0. The summed E-state index contributed by atoms with van der Waals surface area (Å²) < 4.78 is 5.36. The summed E-state index contributed by atoms with van der Waals surface area (Å²) in [6.45, 7) is 2.46. The van der Waals surface area contributed by atoms with Gasteiger partial charge in [0.05, 0.1) is 19.7 Å². The summed E-state index contributed by atoms with van der Waals surface area (Å²) in [6, 6.07) is 8.33. The maximum absolute atomic E-state index is 12.3. The van der Waals surface area contributed by atoms with Crippen molar-refractivity contribution in [1.29, 1.82) is 0 Å². The third-order valence-electron chi connectivity index (χ3n) is 4.57. The highest BCUT2D eigenvalue weighted by atomic mass is 16.5. The smallest absolute Gasteiger partial charge is 0.234 e. The zero-order chi connectivity index (χ0) is 15.9. The number of nitrogens with zero attached hydrogens (tertiary/aromatic N) is 1. The van der Waals surface area contributed by atoms with Crippen molar-refractivity contribution < 1.29 is 9.53 Å². The van der Waals surface area contributed by atoms with E-state index in [-0.39, 0.29) is 11.9 Å². The molecule has 1 aromatic carbocycles. The van der Waals surface area contributed by atoms with Gasteiger partial charge in [-0.1, -0.05) is 37.5 Å². The Hall–Kier alpha value is -1.55. The molecule has 2 rings (SSSR count). The van der Waals surface area contributed by atoms with Gasteiger partial charge in [-0.2, -0.15) is 0 Å². The lowest BCUT2D eigenvalue weighted by Crippen LogP contribution is -2.42. The van der Waals surface area contributed by atoms with Crippen molar-refractivity contribution in [3.05, 3.63) is 29.8 Å². The normalized spacial score (nSPS) is 17.3. The van der Waals surface area contributed by atoms with Crippen LogP contribution in [0.2, 0.25) is 0 Å². The second-order valence-electron chi connectivity index (χ2n) is 6.24. The van der Waals surface area contributed by atoms with Crippen molar-refractivity contribution in [1.82, 2.24) is 10.2 Å². The first-order valence-corrected chi connectivity index (χ1v) is 8.24. The molecular weight excluding hydrogens is 276 g/mol. The average molecular weight is 304 g/mol. The molecule has 1 unspecified atom stereocenters. The summed E-state index contributed by atoms with van der Waals surface area (Å²) in [5, 5.41) is 3.08. The van der Waals surface area contributed by atoms with Gasteiger partial charge in [0.1, 0.15) is 5.75 Å². The highest BCUT2D eigenvalue weighted by molar-refractivity contribution is 5.78.